The highest BCUT2D eigenvalue weighted by atomic mass is 31.2. The van der Waals surface area contributed by atoms with Gasteiger partial charge in [-0.2, -0.15) is 0 Å². The van der Waals surface area contributed by atoms with Crippen LogP contribution in [0.4, 0.5) is 0 Å². The van der Waals surface area contributed by atoms with Crippen molar-refractivity contribution in [1.82, 2.24) is 14.7 Å². The van der Waals surface area contributed by atoms with Crippen LogP contribution in [0.5, 0.6) is 0 Å². The minimum Gasteiger partial charge on any atom is -0.480 e. The van der Waals surface area contributed by atoms with Crippen molar-refractivity contribution in [2.24, 2.45) is 0 Å². The standard InChI is InChI=1S/C36H87N3O16P4Si6/c1-56(2,46)35(50-60(5,6)7,57(3,47)52-62(11,12)13)30-38(28-33(42)43)25-23-37(27-32(40)41)24-26-39(29-34(44)45)31-36(51-61(8,9)10,58(4,48)53-63(14,15)16)59(49,54-64(17,18)19)55-65(20,21)22/h23-31H2,1-22H3,(H,40,41)(H,42,43)(H,44,45). The molecule has 0 aliphatic carbocycles. The Labute approximate surface area is 397 Å². The maximum absolute atomic E-state index is 16.0. The van der Waals surface area contributed by atoms with Crippen LogP contribution in [0.15, 0.2) is 0 Å². The van der Waals surface area contributed by atoms with Crippen molar-refractivity contribution in [2.45, 2.75) is 128 Å². The summed E-state index contributed by atoms with van der Waals surface area (Å²) in [6.45, 7) is 35.0. The second-order valence-corrected chi connectivity index (χ2v) is 62.5. The van der Waals surface area contributed by atoms with Crippen LogP contribution in [0.1, 0.15) is 0 Å². The summed E-state index contributed by atoms with van der Waals surface area (Å²) in [6, 6.07) is 0. The van der Waals surface area contributed by atoms with Gasteiger partial charge >= 0.3 is 25.5 Å². The number of hydrogen-bond donors (Lipinski definition) is 3. The summed E-state index contributed by atoms with van der Waals surface area (Å²) in [7, 11) is -33.2. The largest absolute Gasteiger partial charge is 0.480 e. The van der Waals surface area contributed by atoms with Crippen molar-refractivity contribution >= 4 is 97.3 Å². The fraction of sp³-hybridized carbons (Fsp3) is 0.917. The Morgan fingerprint density at radius 1 is 0.415 bits per heavy atom. The Hall–Kier alpha value is 0.271. The zero-order chi connectivity index (χ0) is 52.1. The van der Waals surface area contributed by atoms with E-state index in [9.17, 15) is 38.8 Å². The zero-order valence-corrected chi connectivity index (χ0v) is 53.2. The molecule has 0 aromatic carbocycles. The van der Waals surface area contributed by atoms with Gasteiger partial charge in [-0.05, 0) is 131 Å². The quantitative estimate of drug-likeness (QED) is 0.0420. The summed E-state index contributed by atoms with van der Waals surface area (Å²) in [5.74, 6) is -3.78. The third-order valence-corrected chi connectivity index (χ3v) is 35.0. The first-order valence-electron chi connectivity index (χ1n) is 21.7. The van der Waals surface area contributed by atoms with Gasteiger partial charge in [-0.1, -0.05) is 0 Å². The van der Waals surface area contributed by atoms with Crippen LogP contribution in [0.25, 0.3) is 0 Å². The third-order valence-electron chi connectivity index (χ3n) is 8.56. The Balaban J connectivity index is 7.85. The highest BCUT2D eigenvalue weighted by Crippen LogP contribution is 2.79. The van der Waals surface area contributed by atoms with Crippen LogP contribution >= 0.6 is 29.5 Å². The van der Waals surface area contributed by atoms with Crippen LogP contribution < -0.4 is 0 Å². The molecule has 0 radical (unpaired) electrons. The van der Waals surface area contributed by atoms with Crippen molar-refractivity contribution in [3.8, 4) is 0 Å². The third kappa shape index (κ3) is 22.9. The summed E-state index contributed by atoms with van der Waals surface area (Å²) < 4.78 is 100. The molecule has 65 heavy (non-hydrogen) atoms. The van der Waals surface area contributed by atoms with Crippen molar-refractivity contribution < 1.29 is 73.7 Å². The topological polar surface area (TPSA) is 245 Å². The van der Waals surface area contributed by atoms with Crippen molar-refractivity contribution in [2.75, 3.05) is 85.6 Å². The molecule has 0 fully saturated rings. The molecular weight excluding hydrogens is 1020 g/mol. The molecular formula is C36H87N3O16P4Si6. The van der Waals surface area contributed by atoms with E-state index >= 15 is 9.13 Å². The van der Waals surface area contributed by atoms with Gasteiger partial charge < -0.3 is 45.6 Å². The monoisotopic (exact) mass is 1110 g/mol. The molecule has 0 amide bonds. The Morgan fingerprint density at radius 2 is 0.662 bits per heavy atom. The van der Waals surface area contributed by atoms with E-state index < -0.39 is 134 Å². The molecule has 19 nitrogen and oxygen atoms in total. The Bertz CT molecular complexity index is 1820. The normalized spacial score (nSPS) is 18.0. The average Bonchev–Trinajstić information content (AvgIpc) is 2.94. The Kier molecular flexibility index (Phi) is 23.3. The smallest absolute Gasteiger partial charge is 0.353 e. The number of nitrogens with zero attached hydrogens (tertiary/aromatic N) is 3. The van der Waals surface area contributed by atoms with Gasteiger partial charge in [0.25, 0.3) is 0 Å². The van der Waals surface area contributed by atoms with Gasteiger partial charge in [0.15, 0.2) is 55.0 Å². The van der Waals surface area contributed by atoms with Gasteiger partial charge in [0.05, 0.1) is 19.6 Å². The molecule has 29 heteroatoms. The molecule has 4 unspecified atom stereocenters. The second-order valence-electron chi connectivity index (χ2n) is 23.1. The first-order chi connectivity index (χ1) is 28.3. The lowest BCUT2D eigenvalue weighted by Gasteiger charge is -2.50. The molecule has 0 aromatic heterocycles. The first-order valence-corrected chi connectivity index (χ1v) is 50.4. The van der Waals surface area contributed by atoms with E-state index in [1.54, 1.807) is 39.3 Å². The minimum absolute atomic E-state index is 0.109. The number of hydrogen-bond acceptors (Lipinski definition) is 16. The molecule has 0 saturated heterocycles. The van der Waals surface area contributed by atoms with Gasteiger partial charge in [-0.25, -0.2) is 0 Å². The van der Waals surface area contributed by atoms with E-state index in [0.29, 0.717) is 0 Å². The highest BCUT2D eigenvalue weighted by Gasteiger charge is 2.67. The van der Waals surface area contributed by atoms with Crippen molar-refractivity contribution in [3.05, 3.63) is 0 Å². The van der Waals surface area contributed by atoms with Gasteiger partial charge in [0.1, 0.15) is 7.14 Å². The fourth-order valence-electron chi connectivity index (χ4n) is 7.04. The van der Waals surface area contributed by atoms with E-state index in [-0.39, 0.29) is 32.7 Å². The number of carbonyl (C=O) groups is 3. The van der Waals surface area contributed by atoms with Crippen LogP contribution in [-0.2, 0) is 58.3 Å². The van der Waals surface area contributed by atoms with Crippen molar-refractivity contribution in [1.29, 1.82) is 0 Å². The molecule has 386 valence electrons. The predicted molar refractivity (Wildman–Crippen MR) is 278 cm³/mol. The summed E-state index contributed by atoms with van der Waals surface area (Å²) in [6.07, 6.45) is 0. The average molecular weight is 1110 g/mol. The molecule has 4 atom stereocenters. The minimum atomic E-state index is -4.69. The summed E-state index contributed by atoms with van der Waals surface area (Å²) in [4.78, 5) is 41.7. The van der Waals surface area contributed by atoms with E-state index in [2.05, 4.69) is 0 Å². The molecule has 0 aromatic rings. The van der Waals surface area contributed by atoms with Crippen molar-refractivity contribution in [3.63, 3.8) is 0 Å². The van der Waals surface area contributed by atoms with Gasteiger partial charge in [0, 0.05) is 52.6 Å². The molecule has 0 rings (SSSR count). The van der Waals surface area contributed by atoms with Gasteiger partial charge in [-0.15, -0.1) is 0 Å². The first kappa shape index (κ1) is 65.3. The van der Waals surface area contributed by atoms with Crippen LogP contribution in [0, 0.1) is 0 Å². The molecule has 0 aliphatic heterocycles. The van der Waals surface area contributed by atoms with Crippen LogP contribution in [0.3, 0.4) is 0 Å². The van der Waals surface area contributed by atoms with Crippen LogP contribution in [-0.4, -0.2) is 194 Å². The van der Waals surface area contributed by atoms with E-state index in [1.165, 1.54) is 41.4 Å². The lowest BCUT2D eigenvalue weighted by Crippen LogP contribution is -2.55. The lowest BCUT2D eigenvalue weighted by atomic mass is 10.3. The summed E-state index contributed by atoms with van der Waals surface area (Å²) in [5.41, 5.74) is 0. The molecule has 0 heterocycles. The molecule has 0 spiro atoms. The molecule has 0 bridgehead atoms. The van der Waals surface area contributed by atoms with E-state index in [0.717, 1.165) is 0 Å². The maximum atomic E-state index is 16.0. The zero-order valence-electron chi connectivity index (χ0n) is 43.6. The number of carboxylic acids is 3. The van der Waals surface area contributed by atoms with E-state index in [1.807, 2.05) is 78.6 Å². The van der Waals surface area contributed by atoms with Gasteiger partial charge in [-0.3, -0.25) is 42.8 Å². The van der Waals surface area contributed by atoms with Gasteiger partial charge in [0.2, 0.25) is 19.8 Å². The number of aliphatic carboxylic acids is 3. The highest BCUT2D eigenvalue weighted by molar-refractivity contribution is 7.80. The molecule has 0 saturated carbocycles. The maximum Gasteiger partial charge on any atom is 0.353 e. The SMILES string of the molecule is C[Si](C)(C)OC(CN(CCN(CCN(CC(=O)O)CC(O[Si](C)(C)C)(P(C)(=O)O[Si](C)(C)C)P(=O)(O[Si](C)(C)C)O[Si](C)(C)C)CC(=O)O)CC(=O)O)(P(C)(C)=O)P(C)(=O)O[Si](C)(C)C. The Morgan fingerprint density at radius 3 is 0.923 bits per heavy atom. The van der Waals surface area contributed by atoms with E-state index in [4.69, 9.17) is 25.7 Å². The number of carboxylic acid groups (broad SMARTS) is 3. The van der Waals surface area contributed by atoms with Crippen LogP contribution in [0.2, 0.25) is 118 Å². The molecule has 0 aliphatic rings. The fourth-order valence-corrected chi connectivity index (χ4v) is 40.5. The lowest BCUT2D eigenvalue weighted by molar-refractivity contribution is -0.140. The second kappa shape index (κ2) is 23.2. The molecule has 3 N–H and O–H groups in total. The summed E-state index contributed by atoms with van der Waals surface area (Å²) >= 11 is 0. The predicted octanol–water partition coefficient (Wildman–Crippen LogP) is 9.19. The summed E-state index contributed by atoms with van der Waals surface area (Å²) in [5, 5.41) is 26.3. The number of rotatable bonds is 32.